The first-order valence-corrected chi connectivity index (χ1v) is 6.95. The topological polar surface area (TPSA) is 40.5 Å². The van der Waals surface area contributed by atoms with Crippen LogP contribution in [0.15, 0.2) is 28.7 Å². The Hall–Kier alpha value is -0.870. The Morgan fingerprint density at radius 2 is 2.00 bits per heavy atom. The van der Waals surface area contributed by atoms with E-state index in [0.29, 0.717) is 12.1 Å². The van der Waals surface area contributed by atoms with Crippen molar-refractivity contribution >= 4 is 21.8 Å². The standard InChI is InChI=1S/C14H18BrNO2/c1-14(2)8-7-12(17)9-16(14)13(18)10-3-5-11(15)6-4-10/h3-6,12,17H,7-9H2,1-2H3. The molecule has 0 aliphatic carbocycles. The fourth-order valence-electron chi connectivity index (χ4n) is 2.31. The summed E-state index contributed by atoms with van der Waals surface area (Å²) in [7, 11) is 0. The molecular weight excluding hydrogens is 294 g/mol. The van der Waals surface area contributed by atoms with Gasteiger partial charge in [0.05, 0.1) is 6.10 Å². The first-order chi connectivity index (χ1) is 8.40. The number of amides is 1. The van der Waals surface area contributed by atoms with Crippen LogP contribution in [0.2, 0.25) is 0 Å². The molecule has 18 heavy (non-hydrogen) atoms. The molecular formula is C14H18BrNO2. The minimum atomic E-state index is -0.405. The van der Waals surface area contributed by atoms with Crippen molar-refractivity contribution in [3.05, 3.63) is 34.3 Å². The van der Waals surface area contributed by atoms with E-state index < -0.39 is 6.10 Å². The summed E-state index contributed by atoms with van der Waals surface area (Å²) in [5.74, 6) is -0.00810. The van der Waals surface area contributed by atoms with Crippen molar-refractivity contribution in [2.75, 3.05) is 6.54 Å². The predicted molar refractivity (Wildman–Crippen MR) is 74.5 cm³/mol. The summed E-state index contributed by atoms with van der Waals surface area (Å²) in [5.41, 5.74) is 0.476. The number of benzene rings is 1. The van der Waals surface area contributed by atoms with Crippen LogP contribution < -0.4 is 0 Å². The maximum atomic E-state index is 12.5. The smallest absolute Gasteiger partial charge is 0.254 e. The number of rotatable bonds is 1. The van der Waals surface area contributed by atoms with Crippen molar-refractivity contribution in [3.8, 4) is 0 Å². The van der Waals surface area contributed by atoms with Crippen molar-refractivity contribution in [1.82, 2.24) is 4.90 Å². The highest BCUT2D eigenvalue weighted by Crippen LogP contribution is 2.29. The molecule has 4 heteroatoms. The van der Waals surface area contributed by atoms with Gasteiger partial charge in [-0.05, 0) is 51.0 Å². The van der Waals surface area contributed by atoms with E-state index in [2.05, 4.69) is 29.8 Å². The van der Waals surface area contributed by atoms with Crippen LogP contribution in [-0.2, 0) is 0 Å². The SMILES string of the molecule is CC1(C)CCC(O)CN1C(=O)c1ccc(Br)cc1. The van der Waals surface area contributed by atoms with Crippen LogP contribution >= 0.6 is 15.9 Å². The third-order valence-electron chi connectivity index (χ3n) is 3.55. The molecule has 1 atom stereocenters. The van der Waals surface area contributed by atoms with Crippen molar-refractivity contribution in [1.29, 1.82) is 0 Å². The van der Waals surface area contributed by atoms with Gasteiger partial charge in [0.1, 0.15) is 0 Å². The number of hydrogen-bond donors (Lipinski definition) is 1. The second kappa shape index (κ2) is 5.02. The number of hydrogen-bond acceptors (Lipinski definition) is 2. The van der Waals surface area contributed by atoms with Gasteiger partial charge in [-0.25, -0.2) is 0 Å². The average Bonchev–Trinajstić information content (AvgIpc) is 2.32. The maximum absolute atomic E-state index is 12.5. The Labute approximate surface area is 116 Å². The fraction of sp³-hybridized carbons (Fsp3) is 0.500. The summed E-state index contributed by atoms with van der Waals surface area (Å²) in [6.45, 7) is 4.52. The second-order valence-electron chi connectivity index (χ2n) is 5.43. The zero-order valence-electron chi connectivity index (χ0n) is 10.7. The first kappa shape index (κ1) is 13.6. The molecule has 3 nitrogen and oxygen atoms in total. The van der Waals surface area contributed by atoms with Crippen LogP contribution in [0.3, 0.4) is 0 Å². The van der Waals surface area contributed by atoms with Crippen molar-refractivity contribution in [3.63, 3.8) is 0 Å². The molecule has 0 aromatic heterocycles. The van der Waals surface area contributed by atoms with Crippen LogP contribution in [-0.4, -0.2) is 34.1 Å². The zero-order chi connectivity index (χ0) is 13.3. The third kappa shape index (κ3) is 2.75. The summed E-state index contributed by atoms with van der Waals surface area (Å²) in [5, 5.41) is 9.75. The molecule has 1 heterocycles. The predicted octanol–water partition coefficient (Wildman–Crippen LogP) is 2.82. The van der Waals surface area contributed by atoms with E-state index in [0.717, 1.165) is 17.3 Å². The lowest BCUT2D eigenvalue weighted by Crippen LogP contribution is -2.54. The molecule has 1 saturated heterocycles. The van der Waals surface area contributed by atoms with Gasteiger partial charge >= 0.3 is 0 Å². The number of carbonyl (C=O) groups excluding carboxylic acids is 1. The molecule has 0 spiro atoms. The summed E-state index contributed by atoms with van der Waals surface area (Å²) in [4.78, 5) is 14.3. The summed E-state index contributed by atoms with van der Waals surface area (Å²) >= 11 is 3.36. The van der Waals surface area contributed by atoms with Gasteiger partial charge in [0, 0.05) is 22.1 Å². The van der Waals surface area contributed by atoms with Crippen LogP contribution in [0.25, 0.3) is 0 Å². The lowest BCUT2D eigenvalue weighted by molar-refractivity contribution is 0.00154. The molecule has 1 unspecified atom stereocenters. The number of aliphatic hydroxyl groups is 1. The second-order valence-corrected chi connectivity index (χ2v) is 6.34. The highest BCUT2D eigenvalue weighted by atomic mass is 79.9. The Morgan fingerprint density at radius 1 is 1.39 bits per heavy atom. The van der Waals surface area contributed by atoms with Crippen molar-refractivity contribution in [2.45, 2.75) is 38.3 Å². The van der Waals surface area contributed by atoms with Gasteiger partial charge in [0.15, 0.2) is 0 Å². The van der Waals surface area contributed by atoms with Gasteiger partial charge in [0.25, 0.3) is 5.91 Å². The first-order valence-electron chi connectivity index (χ1n) is 6.16. The molecule has 1 amide bonds. The van der Waals surface area contributed by atoms with E-state index in [-0.39, 0.29) is 11.4 Å². The average molecular weight is 312 g/mol. The van der Waals surface area contributed by atoms with Crippen molar-refractivity contribution in [2.24, 2.45) is 0 Å². The maximum Gasteiger partial charge on any atom is 0.254 e. The van der Waals surface area contributed by atoms with Crippen LogP contribution in [0.5, 0.6) is 0 Å². The number of likely N-dealkylation sites (tertiary alicyclic amines) is 1. The van der Waals surface area contributed by atoms with Gasteiger partial charge in [-0.2, -0.15) is 0 Å². The molecule has 1 aliphatic rings. The minimum absolute atomic E-state index is 0.00810. The minimum Gasteiger partial charge on any atom is -0.391 e. The third-order valence-corrected chi connectivity index (χ3v) is 4.08. The van der Waals surface area contributed by atoms with E-state index in [4.69, 9.17) is 0 Å². The summed E-state index contributed by atoms with van der Waals surface area (Å²) < 4.78 is 0.956. The Kier molecular flexibility index (Phi) is 3.78. The number of aliphatic hydroxyl groups excluding tert-OH is 1. The molecule has 1 aromatic rings. The molecule has 1 fully saturated rings. The molecule has 0 saturated carbocycles. The van der Waals surface area contributed by atoms with Gasteiger partial charge in [-0.15, -0.1) is 0 Å². The number of nitrogens with zero attached hydrogens (tertiary/aromatic N) is 1. The normalized spacial score (nSPS) is 22.9. The number of piperidine rings is 1. The van der Waals surface area contributed by atoms with Crippen LogP contribution in [0.1, 0.15) is 37.0 Å². The zero-order valence-corrected chi connectivity index (χ0v) is 12.3. The Balaban J connectivity index is 2.23. The van der Waals surface area contributed by atoms with Crippen LogP contribution in [0, 0.1) is 0 Å². The van der Waals surface area contributed by atoms with Gasteiger partial charge < -0.3 is 10.0 Å². The summed E-state index contributed by atoms with van der Waals surface area (Å²) in [6.07, 6.45) is 1.19. The molecule has 0 radical (unpaired) electrons. The van der Waals surface area contributed by atoms with Gasteiger partial charge in [-0.1, -0.05) is 15.9 Å². The quantitative estimate of drug-likeness (QED) is 0.866. The molecule has 1 aliphatic heterocycles. The van der Waals surface area contributed by atoms with E-state index in [1.54, 1.807) is 4.90 Å². The summed E-state index contributed by atoms with van der Waals surface area (Å²) in [6, 6.07) is 7.34. The fourth-order valence-corrected chi connectivity index (χ4v) is 2.57. The molecule has 1 N–H and O–H groups in total. The molecule has 0 bridgehead atoms. The monoisotopic (exact) mass is 311 g/mol. The Bertz CT molecular complexity index is 442. The number of carbonyl (C=O) groups is 1. The van der Waals surface area contributed by atoms with Crippen molar-refractivity contribution < 1.29 is 9.90 Å². The molecule has 98 valence electrons. The molecule has 2 rings (SSSR count). The van der Waals surface area contributed by atoms with Gasteiger partial charge in [0.2, 0.25) is 0 Å². The number of β-amino-alcohol motifs (C(OH)–C–C–N with tert-alkyl or cyclic N) is 1. The Morgan fingerprint density at radius 3 is 2.61 bits per heavy atom. The van der Waals surface area contributed by atoms with E-state index >= 15 is 0 Å². The highest BCUT2D eigenvalue weighted by molar-refractivity contribution is 9.10. The van der Waals surface area contributed by atoms with Gasteiger partial charge in [-0.3, -0.25) is 4.79 Å². The van der Waals surface area contributed by atoms with E-state index in [1.165, 1.54) is 0 Å². The lowest BCUT2D eigenvalue weighted by atomic mass is 9.88. The highest BCUT2D eigenvalue weighted by Gasteiger charge is 2.36. The van der Waals surface area contributed by atoms with Crippen LogP contribution in [0.4, 0.5) is 0 Å². The largest absolute Gasteiger partial charge is 0.391 e. The molecule has 1 aromatic carbocycles. The van der Waals surface area contributed by atoms with E-state index in [1.807, 2.05) is 24.3 Å². The number of halogens is 1. The lowest BCUT2D eigenvalue weighted by Gasteiger charge is -2.44. The van der Waals surface area contributed by atoms with E-state index in [9.17, 15) is 9.90 Å².